The summed E-state index contributed by atoms with van der Waals surface area (Å²) in [4.78, 5) is 14.3. The van der Waals surface area contributed by atoms with Gasteiger partial charge in [-0.3, -0.25) is 4.90 Å². The topological polar surface area (TPSA) is 86.6 Å². The zero-order chi connectivity index (χ0) is 17.4. The number of carbonyl (C=O) groups is 1. The van der Waals surface area contributed by atoms with Gasteiger partial charge in [-0.25, -0.2) is 4.79 Å². The molecule has 1 heterocycles. The molecule has 0 aliphatic carbocycles. The molecule has 0 saturated carbocycles. The van der Waals surface area contributed by atoms with Crippen LogP contribution in [0.15, 0.2) is 18.2 Å². The fourth-order valence-electron chi connectivity index (χ4n) is 2.37. The van der Waals surface area contributed by atoms with E-state index in [4.69, 9.17) is 14.7 Å². The number of morpholine rings is 1. The monoisotopic (exact) mass is 332 g/mol. The van der Waals surface area contributed by atoms with E-state index in [9.17, 15) is 4.79 Å². The Morgan fingerprint density at radius 2 is 2.17 bits per heavy atom. The number of anilines is 1. The highest BCUT2D eigenvalue weighted by Gasteiger charge is 2.12. The number of benzene rings is 1. The van der Waals surface area contributed by atoms with E-state index in [-0.39, 0.29) is 12.1 Å². The number of urea groups is 1. The van der Waals surface area contributed by atoms with E-state index < -0.39 is 0 Å². The predicted molar refractivity (Wildman–Crippen MR) is 91.2 cm³/mol. The van der Waals surface area contributed by atoms with Gasteiger partial charge >= 0.3 is 6.03 Å². The number of ether oxygens (including phenoxy) is 2. The molecule has 24 heavy (non-hydrogen) atoms. The number of hydrogen-bond donors (Lipinski definition) is 2. The van der Waals surface area contributed by atoms with Crippen LogP contribution >= 0.6 is 0 Å². The standard InChI is InChI=1S/C17H24N4O3/c1-13(2)24-16-4-3-14(12-18)11-15(16)20-17(22)19-5-6-21-7-9-23-10-8-21/h3-4,11,13H,5-10H2,1-2H3,(H2,19,20,22). The minimum Gasteiger partial charge on any atom is -0.489 e. The van der Waals surface area contributed by atoms with E-state index in [2.05, 4.69) is 21.6 Å². The summed E-state index contributed by atoms with van der Waals surface area (Å²) in [6, 6.07) is 6.72. The van der Waals surface area contributed by atoms with Crippen LogP contribution in [0.3, 0.4) is 0 Å². The van der Waals surface area contributed by atoms with Crippen LogP contribution in [-0.4, -0.2) is 56.4 Å². The van der Waals surface area contributed by atoms with Crippen LogP contribution in [-0.2, 0) is 4.74 Å². The van der Waals surface area contributed by atoms with E-state index in [0.29, 0.717) is 23.5 Å². The fourth-order valence-corrected chi connectivity index (χ4v) is 2.37. The molecule has 2 N–H and O–H groups in total. The van der Waals surface area contributed by atoms with Crippen molar-refractivity contribution >= 4 is 11.7 Å². The molecular weight excluding hydrogens is 308 g/mol. The molecule has 0 aromatic heterocycles. The molecule has 7 nitrogen and oxygen atoms in total. The summed E-state index contributed by atoms with van der Waals surface area (Å²) in [6.07, 6.45) is -0.0251. The third-order valence-electron chi connectivity index (χ3n) is 3.54. The average Bonchev–Trinajstić information content (AvgIpc) is 2.57. The molecule has 1 aromatic rings. The summed E-state index contributed by atoms with van der Waals surface area (Å²) in [5, 5.41) is 14.6. The molecule has 1 fully saturated rings. The van der Waals surface area contributed by atoms with Gasteiger partial charge in [-0.2, -0.15) is 5.26 Å². The molecule has 2 rings (SSSR count). The van der Waals surface area contributed by atoms with Gasteiger partial charge in [0.15, 0.2) is 0 Å². The zero-order valence-electron chi connectivity index (χ0n) is 14.2. The first-order valence-corrected chi connectivity index (χ1v) is 8.14. The number of rotatable bonds is 6. The summed E-state index contributed by atoms with van der Waals surface area (Å²) >= 11 is 0. The lowest BCUT2D eigenvalue weighted by molar-refractivity contribution is 0.0388. The van der Waals surface area contributed by atoms with Crippen molar-refractivity contribution in [1.29, 1.82) is 5.26 Å². The SMILES string of the molecule is CC(C)Oc1ccc(C#N)cc1NC(=O)NCCN1CCOCC1. The molecule has 0 bridgehead atoms. The number of nitrogens with zero attached hydrogens (tertiary/aromatic N) is 2. The molecule has 2 amide bonds. The minimum atomic E-state index is -0.313. The van der Waals surface area contributed by atoms with E-state index in [1.807, 2.05) is 13.8 Å². The molecule has 0 spiro atoms. The third kappa shape index (κ3) is 5.72. The van der Waals surface area contributed by atoms with E-state index in [0.717, 1.165) is 32.8 Å². The lowest BCUT2D eigenvalue weighted by Gasteiger charge is -2.26. The van der Waals surface area contributed by atoms with Gasteiger partial charge in [-0.15, -0.1) is 0 Å². The molecule has 1 aliphatic rings. The first kappa shape index (κ1) is 18.0. The average molecular weight is 332 g/mol. The van der Waals surface area contributed by atoms with Crippen molar-refractivity contribution in [1.82, 2.24) is 10.2 Å². The maximum atomic E-state index is 12.1. The van der Waals surface area contributed by atoms with Gasteiger partial charge in [0, 0.05) is 26.2 Å². The van der Waals surface area contributed by atoms with Crippen LogP contribution in [0.5, 0.6) is 5.75 Å². The van der Waals surface area contributed by atoms with Gasteiger partial charge in [-0.1, -0.05) is 0 Å². The molecule has 1 aliphatic heterocycles. The molecular formula is C17H24N4O3. The molecule has 1 aromatic carbocycles. The second kappa shape index (κ2) is 9.11. The normalized spacial score (nSPS) is 14.9. The maximum absolute atomic E-state index is 12.1. The maximum Gasteiger partial charge on any atom is 0.319 e. The lowest BCUT2D eigenvalue weighted by Crippen LogP contribution is -2.42. The van der Waals surface area contributed by atoms with Crippen molar-refractivity contribution in [2.45, 2.75) is 20.0 Å². The predicted octanol–water partition coefficient (Wildman–Crippen LogP) is 1.80. The minimum absolute atomic E-state index is 0.0251. The number of hydrogen-bond acceptors (Lipinski definition) is 5. The summed E-state index contributed by atoms with van der Waals surface area (Å²) in [5.74, 6) is 0.548. The van der Waals surface area contributed by atoms with Gasteiger partial charge in [0.1, 0.15) is 5.75 Å². The molecule has 0 unspecified atom stereocenters. The first-order chi connectivity index (χ1) is 11.6. The Hall–Kier alpha value is -2.30. The van der Waals surface area contributed by atoms with Crippen LogP contribution < -0.4 is 15.4 Å². The summed E-state index contributed by atoms with van der Waals surface area (Å²) in [6.45, 7) is 8.40. The Morgan fingerprint density at radius 1 is 1.42 bits per heavy atom. The molecule has 130 valence electrons. The molecule has 1 saturated heterocycles. The number of carbonyl (C=O) groups excluding carboxylic acids is 1. The van der Waals surface area contributed by atoms with Gasteiger partial charge in [0.2, 0.25) is 0 Å². The van der Waals surface area contributed by atoms with Crippen molar-refractivity contribution in [3.05, 3.63) is 23.8 Å². The van der Waals surface area contributed by atoms with Gasteiger partial charge in [0.05, 0.1) is 36.6 Å². The summed E-state index contributed by atoms with van der Waals surface area (Å²) in [5.41, 5.74) is 0.960. The van der Waals surface area contributed by atoms with E-state index in [1.54, 1.807) is 18.2 Å². The Labute approximate surface area is 142 Å². The van der Waals surface area contributed by atoms with Gasteiger partial charge in [0.25, 0.3) is 0 Å². The highest BCUT2D eigenvalue weighted by Crippen LogP contribution is 2.26. The third-order valence-corrected chi connectivity index (χ3v) is 3.54. The Balaban J connectivity index is 1.88. The van der Waals surface area contributed by atoms with Crippen molar-refractivity contribution in [2.75, 3.05) is 44.7 Å². The Kier molecular flexibility index (Phi) is 6.85. The first-order valence-electron chi connectivity index (χ1n) is 8.14. The van der Waals surface area contributed by atoms with Crippen LogP contribution in [0, 0.1) is 11.3 Å². The summed E-state index contributed by atoms with van der Waals surface area (Å²) in [7, 11) is 0. The van der Waals surface area contributed by atoms with Crippen molar-refractivity contribution in [2.24, 2.45) is 0 Å². The Bertz CT molecular complexity index is 592. The van der Waals surface area contributed by atoms with Gasteiger partial charge in [-0.05, 0) is 32.0 Å². The second-order valence-corrected chi connectivity index (χ2v) is 5.82. The number of nitrogens with one attached hydrogen (secondary N) is 2. The fraction of sp³-hybridized carbons (Fsp3) is 0.529. The summed E-state index contributed by atoms with van der Waals surface area (Å²) < 4.78 is 11.0. The van der Waals surface area contributed by atoms with Crippen molar-refractivity contribution in [3.63, 3.8) is 0 Å². The largest absolute Gasteiger partial charge is 0.489 e. The van der Waals surface area contributed by atoms with E-state index >= 15 is 0 Å². The highest BCUT2D eigenvalue weighted by atomic mass is 16.5. The highest BCUT2D eigenvalue weighted by molar-refractivity contribution is 5.91. The zero-order valence-corrected chi connectivity index (χ0v) is 14.2. The van der Waals surface area contributed by atoms with Crippen LogP contribution in [0.2, 0.25) is 0 Å². The second-order valence-electron chi connectivity index (χ2n) is 5.82. The van der Waals surface area contributed by atoms with E-state index in [1.165, 1.54) is 0 Å². The van der Waals surface area contributed by atoms with Crippen molar-refractivity contribution in [3.8, 4) is 11.8 Å². The Morgan fingerprint density at radius 3 is 2.83 bits per heavy atom. The van der Waals surface area contributed by atoms with Crippen LogP contribution in [0.4, 0.5) is 10.5 Å². The molecule has 0 atom stereocenters. The van der Waals surface area contributed by atoms with Crippen LogP contribution in [0.25, 0.3) is 0 Å². The lowest BCUT2D eigenvalue weighted by atomic mass is 10.2. The molecule has 0 radical (unpaired) electrons. The van der Waals surface area contributed by atoms with Crippen LogP contribution in [0.1, 0.15) is 19.4 Å². The number of amides is 2. The number of nitriles is 1. The van der Waals surface area contributed by atoms with Crippen molar-refractivity contribution < 1.29 is 14.3 Å². The van der Waals surface area contributed by atoms with Gasteiger partial charge < -0.3 is 20.1 Å². The smallest absolute Gasteiger partial charge is 0.319 e. The quantitative estimate of drug-likeness (QED) is 0.829. The molecule has 7 heteroatoms.